The summed E-state index contributed by atoms with van der Waals surface area (Å²) in [6.45, 7) is 0. The Morgan fingerprint density at radius 2 is 2.18 bits per heavy atom. The number of rotatable bonds is 0. The van der Waals surface area contributed by atoms with Gasteiger partial charge < -0.3 is 4.74 Å². The summed E-state index contributed by atoms with van der Waals surface area (Å²) in [7, 11) is 0. The second-order valence-corrected chi connectivity index (χ2v) is 2.38. The number of carbonyl (C=O) groups is 1. The molecule has 0 saturated heterocycles. The number of fused-ring (bicyclic) bond motifs is 1. The first-order chi connectivity index (χ1) is 5.27. The van der Waals surface area contributed by atoms with E-state index in [1.165, 1.54) is 6.07 Å². The smallest absolute Gasteiger partial charge is 0.315 e. The fraction of sp³-hybridized carbons (Fsp3) is 0.125. The summed E-state index contributed by atoms with van der Waals surface area (Å²) < 4.78 is 4.75. The molecule has 1 heterocycles. The van der Waals surface area contributed by atoms with Gasteiger partial charge in [-0.2, -0.15) is 0 Å². The molecule has 0 bridgehead atoms. The van der Waals surface area contributed by atoms with Crippen LogP contribution in [0.2, 0.25) is 0 Å². The van der Waals surface area contributed by atoms with Gasteiger partial charge in [-0.3, -0.25) is 9.90 Å². The molecule has 1 radical (unpaired) electrons. The third-order valence-electron chi connectivity index (χ3n) is 1.63. The lowest BCUT2D eigenvalue weighted by Gasteiger charge is -1.94. The summed E-state index contributed by atoms with van der Waals surface area (Å²) in [5.74, 6) is -0.0425. The van der Waals surface area contributed by atoms with Gasteiger partial charge in [-0.15, -0.1) is 0 Å². The van der Waals surface area contributed by atoms with Crippen LogP contribution in [0.3, 0.4) is 0 Å². The summed E-state index contributed by atoms with van der Waals surface area (Å²) in [4.78, 5) is 10.7. The van der Waals surface area contributed by atoms with Crippen molar-refractivity contribution in [1.82, 2.24) is 0 Å². The van der Waals surface area contributed by atoms with E-state index >= 15 is 0 Å². The topological polar surface area (TPSA) is 46.2 Å². The van der Waals surface area contributed by atoms with Crippen molar-refractivity contribution in [3.8, 4) is 11.5 Å². The van der Waals surface area contributed by atoms with Crippen LogP contribution in [0.1, 0.15) is 5.56 Å². The number of benzene rings is 1. The predicted molar refractivity (Wildman–Crippen MR) is 35.9 cm³/mol. The van der Waals surface area contributed by atoms with Gasteiger partial charge in [-0.05, 0) is 12.1 Å². The van der Waals surface area contributed by atoms with Gasteiger partial charge >= 0.3 is 5.97 Å². The molecule has 0 fully saturated rings. The Hall–Kier alpha value is -1.51. The maximum absolute atomic E-state index is 11.0. The van der Waals surface area contributed by atoms with Crippen molar-refractivity contribution in [3.63, 3.8) is 0 Å². The van der Waals surface area contributed by atoms with Crippen LogP contribution in [0.15, 0.2) is 18.2 Å². The van der Waals surface area contributed by atoms with Gasteiger partial charge in [0.2, 0.25) is 0 Å². The number of hydrogen-bond acceptors (Lipinski definition) is 2. The summed E-state index contributed by atoms with van der Waals surface area (Å²) in [5, 5.41) is 11.0. The highest BCUT2D eigenvalue weighted by Crippen LogP contribution is 2.32. The van der Waals surface area contributed by atoms with Crippen molar-refractivity contribution in [2.24, 2.45) is 0 Å². The van der Waals surface area contributed by atoms with Gasteiger partial charge in [0.05, 0.1) is 12.0 Å². The average Bonchev–Trinajstić information content (AvgIpc) is 2.31. The van der Waals surface area contributed by atoms with E-state index in [1.807, 2.05) is 0 Å². The molecule has 3 heteroatoms. The molecule has 1 aromatic rings. The Morgan fingerprint density at radius 1 is 1.36 bits per heavy atom. The van der Waals surface area contributed by atoms with Crippen molar-refractivity contribution >= 4 is 5.97 Å². The van der Waals surface area contributed by atoms with Crippen LogP contribution >= 0.6 is 0 Å². The average molecular weight is 149 g/mol. The number of hydrogen-bond donors (Lipinski definition) is 0. The molecule has 11 heavy (non-hydrogen) atoms. The van der Waals surface area contributed by atoms with Crippen LogP contribution in [-0.2, 0) is 16.3 Å². The third-order valence-corrected chi connectivity index (χ3v) is 1.63. The maximum Gasteiger partial charge on any atom is 0.315 e. The van der Waals surface area contributed by atoms with Crippen molar-refractivity contribution in [1.29, 1.82) is 0 Å². The van der Waals surface area contributed by atoms with E-state index in [0.29, 0.717) is 11.3 Å². The van der Waals surface area contributed by atoms with Crippen molar-refractivity contribution in [2.45, 2.75) is 6.42 Å². The Balaban J connectivity index is 2.57. The van der Waals surface area contributed by atoms with E-state index in [0.717, 1.165) is 0 Å². The minimum Gasteiger partial charge on any atom is -0.426 e. The van der Waals surface area contributed by atoms with Gasteiger partial charge in [0.15, 0.2) is 5.75 Å². The summed E-state index contributed by atoms with van der Waals surface area (Å²) in [6, 6.07) is 4.64. The normalized spacial score (nSPS) is 14.4. The largest absolute Gasteiger partial charge is 0.426 e. The fourth-order valence-corrected chi connectivity index (χ4v) is 1.12. The molecule has 1 aliphatic heterocycles. The maximum atomic E-state index is 11.0. The number of ether oxygens (including phenoxy) is 1. The lowest BCUT2D eigenvalue weighted by Crippen LogP contribution is -2.00. The quantitative estimate of drug-likeness (QED) is 0.412. The molecule has 0 aromatic heterocycles. The van der Waals surface area contributed by atoms with Gasteiger partial charge in [0, 0.05) is 0 Å². The number of carbonyl (C=O) groups excluding carboxylic acids is 1. The first-order valence-corrected chi connectivity index (χ1v) is 3.27. The van der Waals surface area contributed by atoms with Gasteiger partial charge in [-0.1, -0.05) is 6.07 Å². The Kier molecular flexibility index (Phi) is 1.12. The molecule has 0 N–H and O–H groups in total. The van der Waals surface area contributed by atoms with Gasteiger partial charge in [0.25, 0.3) is 0 Å². The zero-order valence-electron chi connectivity index (χ0n) is 5.66. The van der Waals surface area contributed by atoms with E-state index in [4.69, 9.17) is 4.74 Å². The lowest BCUT2D eigenvalue weighted by atomic mass is 10.1. The molecular formula is C8H5O3. The first-order valence-electron chi connectivity index (χ1n) is 3.27. The second kappa shape index (κ2) is 1.99. The second-order valence-electron chi connectivity index (χ2n) is 2.38. The van der Waals surface area contributed by atoms with E-state index < -0.39 is 0 Å². The molecule has 1 aliphatic rings. The standard InChI is InChI=1S/C8H5O3/c9-6-2-1-3-7-5(6)4-8(10)11-7/h1-3H,4H2. The molecule has 0 amide bonds. The molecule has 55 valence electrons. The zero-order valence-corrected chi connectivity index (χ0v) is 5.66. The van der Waals surface area contributed by atoms with Crippen LogP contribution in [0, 0.1) is 0 Å². The highest BCUT2D eigenvalue weighted by molar-refractivity contribution is 5.82. The molecule has 3 nitrogen and oxygen atoms in total. The summed E-state index contributed by atoms with van der Waals surface area (Å²) in [6.07, 6.45) is 0.120. The zero-order chi connectivity index (χ0) is 7.84. The minimum absolute atomic E-state index is 0.117. The molecule has 0 saturated carbocycles. The lowest BCUT2D eigenvalue weighted by molar-refractivity contribution is -0.131. The Bertz CT molecular complexity index is 317. The van der Waals surface area contributed by atoms with Crippen LogP contribution in [0.4, 0.5) is 0 Å². The Morgan fingerprint density at radius 3 is 2.91 bits per heavy atom. The monoisotopic (exact) mass is 149 g/mol. The summed E-state index contributed by atoms with van der Waals surface area (Å²) >= 11 is 0. The first kappa shape index (κ1) is 6.22. The van der Waals surface area contributed by atoms with Crippen LogP contribution < -0.4 is 4.74 Å². The molecular weight excluding hydrogens is 144 g/mol. The molecule has 1 aromatic carbocycles. The highest BCUT2D eigenvalue weighted by Gasteiger charge is 2.23. The van der Waals surface area contributed by atoms with Crippen LogP contribution in [0.5, 0.6) is 11.5 Å². The highest BCUT2D eigenvalue weighted by atomic mass is 16.5. The fourth-order valence-electron chi connectivity index (χ4n) is 1.12. The third kappa shape index (κ3) is 0.852. The molecule has 0 unspecified atom stereocenters. The van der Waals surface area contributed by atoms with Gasteiger partial charge in [-0.25, -0.2) is 0 Å². The minimum atomic E-state index is -0.344. The molecule has 0 spiro atoms. The Labute approximate surface area is 63.2 Å². The summed E-state index contributed by atoms with van der Waals surface area (Å²) in [5.41, 5.74) is 0.484. The molecule has 0 atom stereocenters. The van der Waals surface area contributed by atoms with Crippen molar-refractivity contribution < 1.29 is 14.6 Å². The SMILES string of the molecule is [O]c1cccc2c1CC(=O)O2. The molecule has 0 aliphatic carbocycles. The van der Waals surface area contributed by atoms with E-state index in [9.17, 15) is 9.90 Å². The van der Waals surface area contributed by atoms with E-state index in [-0.39, 0.29) is 18.1 Å². The van der Waals surface area contributed by atoms with E-state index in [2.05, 4.69) is 0 Å². The van der Waals surface area contributed by atoms with Crippen molar-refractivity contribution in [2.75, 3.05) is 0 Å². The van der Waals surface area contributed by atoms with Crippen LogP contribution in [-0.4, -0.2) is 5.97 Å². The molecule has 2 rings (SSSR count). The van der Waals surface area contributed by atoms with Crippen molar-refractivity contribution in [3.05, 3.63) is 23.8 Å². The van der Waals surface area contributed by atoms with Crippen LogP contribution in [0.25, 0.3) is 0 Å². The van der Waals surface area contributed by atoms with E-state index in [1.54, 1.807) is 12.1 Å². The van der Waals surface area contributed by atoms with Gasteiger partial charge in [0.1, 0.15) is 5.75 Å². The predicted octanol–water partition coefficient (Wildman–Crippen LogP) is 1.29. The number of esters is 1.